The highest BCUT2D eigenvalue weighted by Gasteiger charge is 2.15. The van der Waals surface area contributed by atoms with Crippen LogP contribution < -0.4 is 14.8 Å². The highest BCUT2D eigenvalue weighted by atomic mass is 32.1. The molecule has 0 spiro atoms. The largest absolute Gasteiger partial charge is 0.454 e. The number of carbonyl (C=O) groups is 1. The zero-order valence-electron chi connectivity index (χ0n) is 15.9. The Bertz CT molecular complexity index is 958. The number of thiazole rings is 1. The zero-order chi connectivity index (χ0) is 19.9. The van der Waals surface area contributed by atoms with Crippen LogP contribution in [0.4, 0.5) is 5.13 Å². The number of nitrogens with one attached hydrogen (secondary N) is 1. The van der Waals surface area contributed by atoms with Crippen molar-refractivity contribution in [1.29, 1.82) is 0 Å². The molecule has 6 nitrogen and oxygen atoms in total. The summed E-state index contributed by atoms with van der Waals surface area (Å²) >= 11 is 1.40. The van der Waals surface area contributed by atoms with Crippen LogP contribution in [0.25, 0.3) is 11.3 Å². The fourth-order valence-corrected chi connectivity index (χ4v) is 3.71. The molecule has 1 aliphatic rings. The molecule has 0 atom stereocenters. The third-order valence-corrected chi connectivity index (χ3v) is 5.25. The van der Waals surface area contributed by atoms with Gasteiger partial charge in [-0.05, 0) is 36.6 Å². The van der Waals surface area contributed by atoms with Crippen molar-refractivity contribution in [3.63, 3.8) is 0 Å². The van der Waals surface area contributed by atoms with Crippen molar-refractivity contribution in [1.82, 2.24) is 4.98 Å². The van der Waals surface area contributed by atoms with Crippen LogP contribution in [0.1, 0.15) is 18.4 Å². The molecule has 1 aliphatic heterocycles. The summed E-state index contributed by atoms with van der Waals surface area (Å²) in [5.74, 6) is 1.40. The van der Waals surface area contributed by atoms with Crippen molar-refractivity contribution in [3.05, 3.63) is 59.5 Å². The van der Waals surface area contributed by atoms with E-state index in [1.165, 1.54) is 16.9 Å². The number of amides is 1. The number of ether oxygens (including phenoxy) is 3. The highest BCUT2D eigenvalue weighted by molar-refractivity contribution is 7.14. The molecule has 0 saturated carbocycles. The first-order valence-corrected chi connectivity index (χ1v) is 10.4. The average molecular weight is 410 g/mol. The molecule has 0 unspecified atom stereocenters. The van der Waals surface area contributed by atoms with Crippen molar-refractivity contribution in [2.45, 2.75) is 19.3 Å². The van der Waals surface area contributed by atoms with Crippen molar-refractivity contribution in [2.75, 3.05) is 25.3 Å². The van der Waals surface area contributed by atoms with Gasteiger partial charge in [-0.3, -0.25) is 4.79 Å². The quantitative estimate of drug-likeness (QED) is 0.526. The Kier molecular flexibility index (Phi) is 6.38. The van der Waals surface area contributed by atoms with Crippen LogP contribution in [0.2, 0.25) is 0 Å². The summed E-state index contributed by atoms with van der Waals surface area (Å²) in [5, 5.41) is 5.37. The summed E-state index contributed by atoms with van der Waals surface area (Å²) in [6.45, 7) is 1.48. The van der Waals surface area contributed by atoms with Crippen LogP contribution in [-0.2, 0) is 16.0 Å². The van der Waals surface area contributed by atoms with Gasteiger partial charge in [-0.15, -0.1) is 11.3 Å². The first kappa shape index (κ1) is 19.4. The van der Waals surface area contributed by atoms with Gasteiger partial charge in [0.2, 0.25) is 12.7 Å². The maximum absolute atomic E-state index is 12.1. The molecule has 1 N–H and O–H groups in total. The minimum absolute atomic E-state index is 0.0525. The number of aromatic nitrogens is 1. The molecular formula is C22H22N2O4S. The average Bonchev–Trinajstić information content (AvgIpc) is 3.40. The van der Waals surface area contributed by atoms with E-state index in [2.05, 4.69) is 22.4 Å². The third-order valence-electron chi connectivity index (χ3n) is 4.49. The second kappa shape index (κ2) is 9.54. The zero-order valence-corrected chi connectivity index (χ0v) is 16.7. The molecular weight excluding hydrogens is 388 g/mol. The number of carbonyl (C=O) groups excluding carboxylic acids is 1. The number of benzene rings is 2. The first-order chi connectivity index (χ1) is 14.3. The van der Waals surface area contributed by atoms with E-state index in [1.54, 1.807) is 0 Å². The number of anilines is 1. The van der Waals surface area contributed by atoms with E-state index < -0.39 is 0 Å². The van der Waals surface area contributed by atoms with E-state index >= 15 is 0 Å². The van der Waals surface area contributed by atoms with Crippen molar-refractivity contribution < 1.29 is 19.0 Å². The molecule has 0 fully saturated rings. The predicted molar refractivity (Wildman–Crippen MR) is 113 cm³/mol. The number of hydrogen-bond donors (Lipinski definition) is 1. The van der Waals surface area contributed by atoms with E-state index in [0.717, 1.165) is 23.4 Å². The molecule has 0 bridgehead atoms. The summed E-state index contributed by atoms with van der Waals surface area (Å²) in [6.07, 6.45) is 1.97. The molecule has 0 saturated heterocycles. The van der Waals surface area contributed by atoms with Crippen molar-refractivity contribution in [2.24, 2.45) is 0 Å². The van der Waals surface area contributed by atoms with Gasteiger partial charge < -0.3 is 19.5 Å². The van der Waals surface area contributed by atoms with Gasteiger partial charge in [0, 0.05) is 24.0 Å². The lowest BCUT2D eigenvalue weighted by atomic mass is 10.1. The van der Waals surface area contributed by atoms with E-state index in [0.29, 0.717) is 36.9 Å². The number of nitrogens with zero attached hydrogens (tertiary/aromatic N) is 1. The predicted octanol–water partition coefficient (Wildman–Crippen LogP) is 4.52. The number of hydrogen-bond acceptors (Lipinski definition) is 6. The van der Waals surface area contributed by atoms with Gasteiger partial charge in [0.1, 0.15) is 0 Å². The lowest BCUT2D eigenvalue weighted by Gasteiger charge is -2.05. The van der Waals surface area contributed by atoms with Crippen LogP contribution in [0.3, 0.4) is 0 Å². The second-order valence-electron chi connectivity index (χ2n) is 6.61. The minimum Gasteiger partial charge on any atom is -0.454 e. The number of fused-ring (bicyclic) bond motifs is 1. The summed E-state index contributed by atoms with van der Waals surface area (Å²) < 4.78 is 16.3. The van der Waals surface area contributed by atoms with Crippen LogP contribution in [0.15, 0.2) is 53.9 Å². The van der Waals surface area contributed by atoms with Crippen molar-refractivity contribution >= 4 is 22.4 Å². The molecule has 1 amide bonds. The molecule has 1 aromatic heterocycles. The molecule has 2 heterocycles. The number of rotatable bonds is 9. The standard InChI is InChI=1S/C22H22N2O4S/c25-21(7-4-11-26-12-10-16-5-2-1-3-6-16)24-22-23-18(14-29-22)17-8-9-19-20(13-17)28-15-27-19/h1-3,5-6,8-9,13-14H,4,7,10-12,15H2,(H,23,24,25). The Balaban J connectivity index is 1.17. The molecule has 29 heavy (non-hydrogen) atoms. The second-order valence-corrected chi connectivity index (χ2v) is 7.46. The van der Waals surface area contributed by atoms with Gasteiger partial charge in [-0.2, -0.15) is 0 Å². The van der Waals surface area contributed by atoms with Gasteiger partial charge in [0.15, 0.2) is 16.6 Å². The fourth-order valence-electron chi connectivity index (χ4n) is 2.97. The van der Waals surface area contributed by atoms with Crippen LogP contribution >= 0.6 is 11.3 Å². The van der Waals surface area contributed by atoms with Crippen LogP contribution in [0.5, 0.6) is 11.5 Å². The summed E-state index contributed by atoms with van der Waals surface area (Å²) in [6, 6.07) is 15.9. The van der Waals surface area contributed by atoms with E-state index in [4.69, 9.17) is 14.2 Å². The molecule has 2 aromatic carbocycles. The molecule has 0 radical (unpaired) electrons. The topological polar surface area (TPSA) is 69.7 Å². The Hall–Kier alpha value is -2.90. The lowest BCUT2D eigenvalue weighted by Crippen LogP contribution is -2.12. The van der Waals surface area contributed by atoms with E-state index in [9.17, 15) is 4.79 Å². The van der Waals surface area contributed by atoms with Crippen LogP contribution in [-0.4, -0.2) is 30.9 Å². The van der Waals surface area contributed by atoms with E-state index in [1.807, 2.05) is 41.8 Å². The highest BCUT2D eigenvalue weighted by Crippen LogP contribution is 2.36. The molecule has 7 heteroatoms. The smallest absolute Gasteiger partial charge is 0.231 e. The molecule has 150 valence electrons. The Morgan fingerprint density at radius 2 is 1.97 bits per heavy atom. The normalized spacial score (nSPS) is 12.1. The van der Waals surface area contributed by atoms with Crippen molar-refractivity contribution in [3.8, 4) is 22.8 Å². The monoisotopic (exact) mass is 410 g/mol. The maximum atomic E-state index is 12.1. The van der Waals surface area contributed by atoms with Crippen LogP contribution in [0, 0.1) is 0 Å². The summed E-state index contributed by atoms with van der Waals surface area (Å²) in [4.78, 5) is 16.6. The van der Waals surface area contributed by atoms with Gasteiger partial charge in [-0.1, -0.05) is 30.3 Å². The Labute approximate surface area is 173 Å². The minimum atomic E-state index is -0.0525. The van der Waals surface area contributed by atoms with Gasteiger partial charge >= 0.3 is 0 Å². The first-order valence-electron chi connectivity index (χ1n) is 9.55. The van der Waals surface area contributed by atoms with Gasteiger partial charge in [0.05, 0.1) is 12.3 Å². The lowest BCUT2D eigenvalue weighted by molar-refractivity contribution is -0.116. The molecule has 4 rings (SSSR count). The van der Waals surface area contributed by atoms with E-state index in [-0.39, 0.29) is 12.7 Å². The third kappa shape index (κ3) is 5.34. The fraction of sp³-hybridized carbons (Fsp3) is 0.273. The molecule has 3 aromatic rings. The Morgan fingerprint density at radius 1 is 1.10 bits per heavy atom. The summed E-state index contributed by atoms with van der Waals surface area (Å²) in [5.41, 5.74) is 2.98. The maximum Gasteiger partial charge on any atom is 0.231 e. The molecule has 0 aliphatic carbocycles. The Morgan fingerprint density at radius 3 is 2.86 bits per heavy atom. The van der Waals surface area contributed by atoms with Gasteiger partial charge in [0.25, 0.3) is 0 Å². The van der Waals surface area contributed by atoms with Gasteiger partial charge in [-0.25, -0.2) is 4.98 Å². The summed E-state index contributed by atoms with van der Waals surface area (Å²) in [7, 11) is 0. The SMILES string of the molecule is O=C(CCCOCCc1ccccc1)Nc1nc(-c2ccc3c(c2)OCO3)cs1.